The number of hydrogen-bond acceptors (Lipinski definition) is 5. The van der Waals surface area contributed by atoms with Gasteiger partial charge in [-0.1, -0.05) is 12.1 Å². The first kappa shape index (κ1) is 13.8. The highest BCUT2D eigenvalue weighted by Crippen LogP contribution is 2.28. The third kappa shape index (κ3) is 2.53. The highest BCUT2D eigenvalue weighted by molar-refractivity contribution is 5.66. The molecule has 0 aliphatic rings. The van der Waals surface area contributed by atoms with E-state index in [1.807, 2.05) is 6.92 Å². The van der Waals surface area contributed by atoms with Crippen molar-refractivity contribution in [1.82, 2.24) is 14.3 Å². The fourth-order valence-corrected chi connectivity index (χ4v) is 1.94. The lowest BCUT2D eigenvalue weighted by atomic mass is 10.1. The third-order valence-electron chi connectivity index (χ3n) is 2.89. The molecule has 1 aromatic carbocycles. The maximum atomic E-state index is 11.8. The molecule has 8 nitrogen and oxygen atoms in total. The van der Waals surface area contributed by atoms with Gasteiger partial charge in [0.25, 0.3) is 5.69 Å². The molecular weight excluding hydrogens is 262 g/mol. The molecule has 0 spiro atoms. The first-order chi connectivity index (χ1) is 9.54. The van der Waals surface area contributed by atoms with Crippen molar-refractivity contribution >= 4 is 11.4 Å². The Labute approximate surface area is 114 Å². The van der Waals surface area contributed by atoms with Crippen molar-refractivity contribution < 1.29 is 4.92 Å². The molecule has 2 aromatic rings. The van der Waals surface area contributed by atoms with E-state index in [4.69, 9.17) is 0 Å². The van der Waals surface area contributed by atoms with Crippen LogP contribution in [0.4, 0.5) is 11.4 Å². The van der Waals surface area contributed by atoms with Crippen LogP contribution in [0.5, 0.6) is 0 Å². The van der Waals surface area contributed by atoms with Gasteiger partial charge in [0, 0.05) is 25.2 Å². The van der Waals surface area contributed by atoms with Gasteiger partial charge in [-0.3, -0.25) is 14.7 Å². The van der Waals surface area contributed by atoms with Crippen LogP contribution in [0.2, 0.25) is 0 Å². The number of nitrogens with zero attached hydrogens (tertiary/aromatic N) is 4. The highest BCUT2D eigenvalue weighted by atomic mass is 16.6. The summed E-state index contributed by atoms with van der Waals surface area (Å²) >= 11 is 0. The predicted octanol–water partition coefficient (Wildman–Crippen LogP) is 0.970. The van der Waals surface area contributed by atoms with Crippen molar-refractivity contribution in [3.05, 3.63) is 50.7 Å². The van der Waals surface area contributed by atoms with E-state index in [0.717, 1.165) is 0 Å². The van der Waals surface area contributed by atoms with Gasteiger partial charge in [0.1, 0.15) is 12.0 Å². The van der Waals surface area contributed by atoms with Gasteiger partial charge in [0.2, 0.25) is 0 Å². The smallest absolute Gasteiger partial charge is 0.345 e. The number of benzene rings is 1. The fourth-order valence-electron chi connectivity index (χ4n) is 1.94. The zero-order chi connectivity index (χ0) is 14.7. The second-order valence-electron chi connectivity index (χ2n) is 4.28. The first-order valence-electron chi connectivity index (χ1n) is 6.13. The van der Waals surface area contributed by atoms with Gasteiger partial charge in [0.05, 0.1) is 11.5 Å². The molecule has 0 unspecified atom stereocenters. The van der Waals surface area contributed by atoms with Crippen LogP contribution >= 0.6 is 0 Å². The Kier molecular flexibility index (Phi) is 3.83. The molecule has 1 heterocycles. The second-order valence-corrected chi connectivity index (χ2v) is 4.28. The SMILES string of the molecule is CCNc1c(Cn2ncn(C)c2=O)cccc1[N+](=O)[O-]. The molecule has 0 aliphatic carbocycles. The summed E-state index contributed by atoms with van der Waals surface area (Å²) in [6.07, 6.45) is 1.41. The molecule has 1 aromatic heterocycles. The van der Waals surface area contributed by atoms with E-state index in [1.165, 1.54) is 21.6 Å². The van der Waals surface area contributed by atoms with E-state index in [1.54, 1.807) is 19.2 Å². The number of hydrogen-bond donors (Lipinski definition) is 1. The number of nitro benzene ring substituents is 1. The van der Waals surface area contributed by atoms with E-state index in [2.05, 4.69) is 10.4 Å². The Morgan fingerprint density at radius 1 is 1.45 bits per heavy atom. The van der Waals surface area contributed by atoms with Crippen molar-refractivity contribution in [2.75, 3.05) is 11.9 Å². The normalized spacial score (nSPS) is 10.5. The van der Waals surface area contributed by atoms with Crippen molar-refractivity contribution in [3.8, 4) is 0 Å². The number of para-hydroxylation sites is 1. The summed E-state index contributed by atoms with van der Waals surface area (Å²) in [6, 6.07) is 4.77. The topological polar surface area (TPSA) is 95.0 Å². The van der Waals surface area contributed by atoms with Crippen molar-refractivity contribution in [1.29, 1.82) is 0 Å². The van der Waals surface area contributed by atoms with Crippen LogP contribution < -0.4 is 11.0 Å². The molecule has 20 heavy (non-hydrogen) atoms. The minimum absolute atomic E-state index is 0.00618. The largest absolute Gasteiger partial charge is 0.379 e. The molecule has 8 heteroatoms. The Morgan fingerprint density at radius 3 is 2.75 bits per heavy atom. The summed E-state index contributed by atoms with van der Waals surface area (Å²) in [5.74, 6) is 0. The number of aryl methyl sites for hydroxylation is 1. The van der Waals surface area contributed by atoms with Gasteiger partial charge in [-0.2, -0.15) is 5.10 Å². The van der Waals surface area contributed by atoms with Crippen LogP contribution in [0.25, 0.3) is 0 Å². The Morgan fingerprint density at radius 2 is 2.20 bits per heavy atom. The fraction of sp³-hybridized carbons (Fsp3) is 0.333. The van der Waals surface area contributed by atoms with Crippen LogP contribution in [0.3, 0.4) is 0 Å². The van der Waals surface area contributed by atoms with Crippen molar-refractivity contribution in [2.45, 2.75) is 13.5 Å². The molecule has 2 rings (SSSR count). The summed E-state index contributed by atoms with van der Waals surface area (Å²) in [6.45, 7) is 2.59. The molecule has 0 saturated carbocycles. The number of aromatic nitrogens is 3. The third-order valence-corrected chi connectivity index (χ3v) is 2.89. The number of rotatable bonds is 5. The van der Waals surface area contributed by atoms with Gasteiger partial charge in [-0.25, -0.2) is 9.48 Å². The number of nitro groups is 1. The molecule has 0 fully saturated rings. The second kappa shape index (κ2) is 5.55. The summed E-state index contributed by atoms with van der Waals surface area (Å²) in [5.41, 5.74) is 0.812. The molecule has 1 N–H and O–H groups in total. The van der Waals surface area contributed by atoms with Crippen molar-refractivity contribution in [3.63, 3.8) is 0 Å². The molecular formula is C12H15N5O3. The van der Waals surface area contributed by atoms with E-state index >= 15 is 0 Å². The maximum Gasteiger partial charge on any atom is 0.345 e. The van der Waals surface area contributed by atoms with Gasteiger partial charge < -0.3 is 5.32 Å². The molecule has 0 atom stereocenters. The van der Waals surface area contributed by atoms with Crippen LogP contribution in [0.1, 0.15) is 12.5 Å². The Bertz CT molecular complexity index is 689. The molecule has 106 valence electrons. The monoisotopic (exact) mass is 277 g/mol. The lowest BCUT2D eigenvalue weighted by Gasteiger charge is -2.10. The molecule has 0 amide bonds. The summed E-state index contributed by atoms with van der Waals surface area (Å²) in [7, 11) is 1.60. The number of nitrogens with one attached hydrogen (secondary N) is 1. The quantitative estimate of drug-likeness (QED) is 0.649. The number of anilines is 1. The maximum absolute atomic E-state index is 11.8. The zero-order valence-corrected chi connectivity index (χ0v) is 11.2. The van der Waals surface area contributed by atoms with Crippen LogP contribution in [0.15, 0.2) is 29.3 Å². The molecule has 0 radical (unpaired) electrons. The van der Waals surface area contributed by atoms with Gasteiger partial charge in [-0.15, -0.1) is 0 Å². The van der Waals surface area contributed by atoms with Crippen molar-refractivity contribution in [2.24, 2.45) is 7.05 Å². The average molecular weight is 277 g/mol. The summed E-state index contributed by atoms with van der Waals surface area (Å²) in [4.78, 5) is 22.4. The lowest BCUT2D eigenvalue weighted by molar-refractivity contribution is -0.384. The van der Waals surface area contributed by atoms with Gasteiger partial charge in [0.15, 0.2) is 0 Å². The highest BCUT2D eigenvalue weighted by Gasteiger charge is 2.17. The van der Waals surface area contributed by atoms with E-state index in [0.29, 0.717) is 17.8 Å². The van der Waals surface area contributed by atoms with Crippen LogP contribution in [0, 0.1) is 10.1 Å². The molecule has 0 saturated heterocycles. The van der Waals surface area contributed by atoms with E-state index in [9.17, 15) is 14.9 Å². The summed E-state index contributed by atoms with van der Waals surface area (Å²) in [5, 5.41) is 18.0. The zero-order valence-electron chi connectivity index (χ0n) is 11.2. The Hall–Kier alpha value is -2.64. The van der Waals surface area contributed by atoms with E-state index < -0.39 is 4.92 Å². The minimum atomic E-state index is -0.442. The lowest BCUT2D eigenvalue weighted by Crippen LogP contribution is -2.24. The predicted molar refractivity (Wildman–Crippen MR) is 73.8 cm³/mol. The Balaban J connectivity index is 2.45. The van der Waals surface area contributed by atoms with Crippen LogP contribution in [-0.2, 0) is 13.6 Å². The first-order valence-corrected chi connectivity index (χ1v) is 6.13. The standard InChI is InChI=1S/C12H15N5O3/c1-3-13-11-9(5-4-6-10(11)17(19)20)7-16-12(18)15(2)8-14-16/h4-6,8,13H,3,7H2,1-2H3. The van der Waals surface area contributed by atoms with E-state index in [-0.39, 0.29) is 17.9 Å². The summed E-state index contributed by atoms with van der Waals surface area (Å²) < 4.78 is 2.62. The van der Waals surface area contributed by atoms with Crippen LogP contribution in [-0.4, -0.2) is 25.8 Å². The minimum Gasteiger partial charge on any atom is -0.379 e. The molecule has 0 bridgehead atoms. The van der Waals surface area contributed by atoms with Gasteiger partial charge >= 0.3 is 5.69 Å². The average Bonchev–Trinajstić information content (AvgIpc) is 2.72. The molecule has 0 aliphatic heterocycles. The van der Waals surface area contributed by atoms with Gasteiger partial charge in [-0.05, 0) is 6.92 Å².